The first-order valence-electron chi connectivity index (χ1n) is 9.06. The van der Waals surface area contributed by atoms with Crippen molar-refractivity contribution < 1.29 is 9.90 Å². The van der Waals surface area contributed by atoms with E-state index in [0.29, 0.717) is 24.3 Å². The highest BCUT2D eigenvalue weighted by Gasteiger charge is 2.44. The van der Waals surface area contributed by atoms with Gasteiger partial charge in [-0.05, 0) is 37.2 Å². The van der Waals surface area contributed by atoms with E-state index in [4.69, 9.17) is 0 Å². The lowest BCUT2D eigenvalue weighted by molar-refractivity contribution is -0.139. The maximum Gasteiger partial charge on any atom is 0.251 e. The van der Waals surface area contributed by atoms with Crippen molar-refractivity contribution >= 4 is 22.8 Å². The molecule has 1 amide bonds. The van der Waals surface area contributed by atoms with Crippen molar-refractivity contribution in [3.8, 4) is 0 Å². The molecule has 2 aliphatic rings. The summed E-state index contributed by atoms with van der Waals surface area (Å²) in [5.74, 6) is 1.89. The van der Waals surface area contributed by atoms with Crippen LogP contribution in [0, 0.1) is 11.8 Å². The highest BCUT2D eigenvalue weighted by molar-refractivity contribution is 5.87. The molecule has 7 nitrogen and oxygen atoms in total. The molecule has 0 radical (unpaired) electrons. The predicted octanol–water partition coefficient (Wildman–Crippen LogP) is 1.40. The number of rotatable bonds is 4. The standard InChI is InChI=1S/C18H25N5O2/c1-3-15(24)18(25)23-8-11-6-13(7-12(11)9-23)22(2)17-14-4-5-19-16(14)20-10-21-17/h4-5,10-13,15,24H,3,6-9H2,1-2H3,(H,19,20,21)/t11-,12?,13?,15+/m0/s1. The van der Waals surface area contributed by atoms with E-state index in [1.54, 1.807) is 6.33 Å². The SMILES string of the molecule is CC[C@@H](O)C(=O)N1CC2CC(N(C)c3ncnc4[nH]ccc34)C[C@H]2C1. The lowest BCUT2D eigenvalue weighted by Gasteiger charge is -2.28. The fourth-order valence-electron chi connectivity index (χ4n) is 4.46. The van der Waals surface area contributed by atoms with Crippen LogP contribution >= 0.6 is 0 Å². The second-order valence-electron chi connectivity index (χ2n) is 7.36. The summed E-state index contributed by atoms with van der Waals surface area (Å²) in [7, 11) is 2.10. The van der Waals surface area contributed by atoms with Crippen LogP contribution in [0.3, 0.4) is 0 Å². The molecule has 25 heavy (non-hydrogen) atoms. The van der Waals surface area contributed by atoms with Crippen LogP contribution in [0.5, 0.6) is 0 Å². The van der Waals surface area contributed by atoms with Gasteiger partial charge in [0.2, 0.25) is 0 Å². The molecule has 2 aromatic rings. The zero-order valence-electron chi connectivity index (χ0n) is 14.7. The summed E-state index contributed by atoms with van der Waals surface area (Å²) in [4.78, 5) is 28.2. The fourth-order valence-corrected chi connectivity index (χ4v) is 4.46. The van der Waals surface area contributed by atoms with Gasteiger partial charge in [0.1, 0.15) is 23.9 Å². The van der Waals surface area contributed by atoms with Crippen LogP contribution in [0.1, 0.15) is 26.2 Å². The van der Waals surface area contributed by atoms with Crippen LogP contribution in [-0.4, -0.2) is 63.1 Å². The fraction of sp³-hybridized carbons (Fsp3) is 0.611. The van der Waals surface area contributed by atoms with E-state index >= 15 is 0 Å². The number of likely N-dealkylation sites (tertiary alicyclic amines) is 1. The van der Waals surface area contributed by atoms with E-state index in [2.05, 4.69) is 26.9 Å². The van der Waals surface area contributed by atoms with Gasteiger partial charge in [-0.3, -0.25) is 4.79 Å². The third kappa shape index (κ3) is 2.76. The number of nitrogens with one attached hydrogen (secondary N) is 1. The number of hydrogen-bond donors (Lipinski definition) is 2. The van der Waals surface area contributed by atoms with Crippen LogP contribution < -0.4 is 4.90 Å². The molecule has 1 saturated carbocycles. The lowest BCUT2D eigenvalue weighted by atomic mass is 10.0. The molecule has 1 aliphatic carbocycles. The third-order valence-corrected chi connectivity index (χ3v) is 5.92. The molecule has 0 bridgehead atoms. The highest BCUT2D eigenvalue weighted by Crippen LogP contribution is 2.41. The summed E-state index contributed by atoms with van der Waals surface area (Å²) in [6.45, 7) is 3.39. The summed E-state index contributed by atoms with van der Waals surface area (Å²) in [5.41, 5.74) is 0.861. The minimum atomic E-state index is -0.847. The van der Waals surface area contributed by atoms with Gasteiger partial charge in [-0.15, -0.1) is 0 Å². The zero-order valence-corrected chi connectivity index (χ0v) is 14.7. The maximum absolute atomic E-state index is 12.2. The number of amides is 1. The lowest BCUT2D eigenvalue weighted by Crippen LogP contribution is -2.39. The molecule has 1 aliphatic heterocycles. The van der Waals surface area contributed by atoms with Crippen molar-refractivity contribution in [3.63, 3.8) is 0 Å². The molecule has 3 heterocycles. The Labute approximate surface area is 147 Å². The summed E-state index contributed by atoms with van der Waals surface area (Å²) >= 11 is 0. The van der Waals surface area contributed by atoms with E-state index in [1.165, 1.54) is 0 Å². The smallest absolute Gasteiger partial charge is 0.251 e. The first-order chi connectivity index (χ1) is 12.1. The number of anilines is 1. The van der Waals surface area contributed by atoms with E-state index in [1.807, 2.05) is 24.1 Å². The number of aromatic amines is 1. The van der Waals surface area contributed by atoms with Crippen LogP contribution in [0.25, 0.3) is 11.0 Å². The van der Waals surface area contributed by atoms with Gasteiger partial charge >= 0.3 is 0 Å². The van der Waals surface area contributed by atoms with Crippen molar-refractivity contribution in [2.75, 3.05) is 25.0 Å². The Morgan fingerprint density at radius 3 is 2.80 bits per heavy atom. The van der Waals surface area contributed by atoms with Gasteiger partial charge in [0.15, 0.2) is 0 Å². The molecule has 7 heteroatoms. The van der Waals surface area contributed by atoms with Gasteiger partial charge in [-0.2, -0.15) is 0 Å². The molecule has 2 N–H and O–H groups in total. The maximum atomic E-state index is 12.2. The minimum absolute atomic E-state index is 0.105. The van der Waals surface area contributed by atoms with Gasteiger partial charge in [-0.25, -0.2) is 9.97 Å². The average Bonchev–Trinajstić information content (AvgIpc) is 3.32. The van der Waals surface area contributed by atoms with E-state index in [0.717, 1.165) is 42.8 Å². The van der Waals surface area contributed by atoms with Crippen molar-refractivity contribution in [2.45, 2.75) is 38.3 Å². The molecule has 134 valence electrons. The van der Waals surface area contributed by atoms with Crippen LogP contribution in [0.15, 0.2) is 18.6 Å². The molecular formula is C18H25N5O2. The zero-order chi connectivity index (χ0) is 17.6. The monoisotopic (exact) mass is 343 g/mol. The largest absolute Gasteiger partial charge is 0.383 e. The molecule has 2 unspecified atom stereocenters. The number of aliphatic hydroxyl groups excluding tert-OH is 1. The van der Waals surface area contributed by atoms with E-state index in [-0.39, 0.29) is 5.91 Å². The Bertz CT molecular complexity index is 762. The van der Waals surface area contributed by atoms with E-state index < -0.39 is 6.10 Å². The van der Waals surface area contributed by atoms with Gasteiger partial charge in [0.05, 0.1) is 5.39 Å². The van der Waals surface area contributed by atoms with Crippen LogP contribution in [0.4, 0.5) is 5.82 Å². The Hall–Kier alpha value is -2.15. The van der Waals surface area contributed by atoms with Crippen molar-refractivity contribution in [1.82, 2.24) is 19.9 Å². The summed E-state index contributed by atoms with van der Waals surface area (Å²) in [5, 5.41) is 10.8. The number of fused-ring (bicyclic) bond motifs is 2. The molecule has 2 fully saturated rings. The Balaban J connectivity index is 1.45. The minimum Gasteiger partial charge on any atom is -0.383 e. The topological polar surface area (TPSA) is 85.3 Å². The Kier molecular flexibility index (Phi) is 4.11. The Morgan fingerprint density at radius 1 is 1.40 bits per heavy atom. The molecule has 0 spiro atoms. The number of aromatic nitrogens is 3. The molecule has 1 saturated heterocycles. The number of carbonyl (C=O) groups excluding carboxylic acids is 1. The van der Waals surface area contributed by atoms with Crippen LogP contribution in [-0.2, 0) is 4.79 Å². The highest BCUT2D eigenvalue weighted by atomic mass is 16.3. The number of aliphatic hydroxyl groups is 1. The van der Waals surface area contributed by atoms with Crippen molar-refractivity contribution in [3.05, 3.63) is 18.6 Å². The number of nitrogens with zero attached hydrogens (tertiary/aromatic N) is 4. The van der Waals surface area contributed by atoms with Gasteiger partial charge < -0.3 is 19.9 Å². The summed E-state index contributed by atoms with van der Waals surface area (Å²) in [6.07, 6.45) is 5.25. The first kappa shape index (κ1) is 16.3. The molecule has 4 atom stereocenters. The molecule has 0 aromatic carbocycles. The van der Waals surface area contributed by atoms with Gasteiger partial charge in [0, 0.05) is 32.4 Å². The number of H-pyrrole nitrogens is 1. The van der Waals surface area contributed by atoms with E-state index in [9.17, 15) is 9.90 Å². The van der Waals surface area contributed by atoms with Crippen LogP contribution in [0.2, 0.25) is 0 Å². The predicted molar refractivity (Wildman–Crippen MR) is 95.2 cm³/mol. The first-order valence-corrected chi connectivity index (χ1v) is 9.06. The average molecular weight is 343 g/mol. The summed E-state index contributed by atoms with van der Waals surface area (Å²) in [6, 6.07) is 2.44. The third-order valence-electron chi connectivity index (χ3n) is 5.92. The van der Waals surface area contributed by atoms with Gasteiger partial charge in [-0.1, -0.05) is 6.92 Å². The number of carbonyl (C=O) groups is 1. The quantitative estimate of drug-likeness (QED) is 0.876. The number of hydrogen-bond acceptors (Lipinski definition) is 5. The molecule has 4 rings (SSSR count). The van der Waals surface area contributed by atoms with Gasteiger partial charge in [0.25, 0.3) is 5.91 Å². The summed E-state index contributed by atoms with van der Waals surface area (Å²) < 4.78 is 0. The second kappa shape index (κ2) is 6.29. The second-order valence-corrected chi connectivity index (χ2v) is 7.36. The van der Waals surface area contributed by atoms with Crippen molar-refractivity contribution in [2.24, 2.45) is 11.8 Å². The Morgan fingerprint density at radius 2 is 2.12 bits per heavy atom. The molecule has 2 aromatic heterocycles. The molecular weight excluding hydrogens is 318 g/mol. The van der Waals surface area contributed by atoms with Crippen molar-refractivity contribution in [1.29, 1.82) is 0 Å². The normalized spacial score (nSPS) is 26.8.